The molecule has 166 valence electrons. The molecule has 0 bridgehead atoms. The van der Waals surface area contributed by atoms with Crippen LogP contribution in [-0.4, -0.2) is 39.8 Å². The highest BCUT2D eigenvalue weighted by Crippen LogP contribution is 2.38. The molecule has 6 N–H and O–H groups in total. The molecule has 1 fully saturated rings. The molecular weight excluding hydrogens is 391 g/mol. The summed E-state index contributed by atoms with van der Waals surface area (Å²) in [5, 5.41) is 31.0. The number of nitrogens with one attached hydrogen (secondary N) is 1. The highest BCUT2D eigenvalue weighted by atomic mass is 16.4. The van der Waals surface area contributed by atoms with Crippen molar-refractivity contribution in [3.05, 3.63) is 71.3 Å². The van der Waals surface area contributed by atoms with Gasteiger partial charge in [-0.3, -0.25) is 4.79 Å². The molecule has 0 aromatic heterocycles. The molecule has 0 saturated heterocycles. The van der Waals surface area contributed by atoms with Gasteiger partial charge in [0.15, 0.2) is 0 Å². The molecule has 1 aliphatic carbocycles. The average Bonchev–Trinajstić information content (AvgIpc) is 2.72. The second-order valence-corrected chi connectivity index (χ2v) is 8.80. The van der Waals surface area contributed by atoms with Gasteiger partial charge in [-0.2, -0.15) is 0 Å². The number of unbranched alkanes of at least 4 members (excludes halogenated alkanes) is 1. The number of carboxylic acids is 1. The van der Waals surface area contributed by atoms with Crippen molar-refractivity contribution < 1.29 is 19.9 Å². The minimum absolute atomic E-state index is 0.0604. The summed E-state index contributed by atoms with van der Waals surface area (Å²) in [7, 11) is -1.35. The van der Waals surface area contributed by atoms with Crippen molar-refractivity contribution in [2.24, 2.45) is 11.7 Å². The summed E-state index contributed by atoms with van der Waals surface area (Å²) in [6, 6.07) is 19.3. The highest BCUT2D eigenvalue weighted by Gasteiger charge is 2.47. The lowest BCUT2D eigenvalue weighted by atomic mass is 9.66. The van der Waals surface area contributed by atoms with Crippen LogP contribution in [0.2, 0.25) is 6.32 Å². The molecule has 2 aromatic carbocycles. The topological polar surface area (TPSA) is 116 Å². The molecule has 31 heavy (non-hydrogen) atoms. The Morgan fingerprint density at radius 1 is 1.00 bits per heavy atom. The van der Waals surface area contributed by atoms with Crippen LogP contribution in [0, 0.1) is 5.92 Å². The number of carboxylic acid groups (broad SMARTS) is 1. The second kappa shape index (κ2) is 10.9. The summed E-state index contributed by atoms with van der Waals surface area (Å²) in [4.78, 5) is 11.8. The Bertz CT molecular complexity index is 825. The summed E-state index contributed by atoms with van der Waals surface area (Å²) in [5.41, 5.74) is 8.81. The van der Waals surface area contributed by atoms with Gasteiger partial charge in [0.1, 0.15) is 5.54 Å². The van der Waals surface area contributed by atoms with Gasteiger partial charge in [0.25, 0.3) is 0 Å². The maximum absolute atomic E-state index is 11.8. The summed E-state index contributed by atoms with van der Waals surface area (Å²) >= 11 is 0. The van der Waals surface area contributed by atoms with E-state index in [1.165, 1.54) is 16.7 Å². The van der Waals surface area contributed by atoms with Crippen molar-refractivity contribution in [2.75, 3.05) is 0 Å². The number of aliphatic carboxylic acids is 1. The lowest BCUT2D eigenvalue weighted by molar-refractivity contribution is -0.148. The Morgan fingerprint density at radius 2 is 1.61 bits per heavy atom. The van der Waals surface area contributed by atoms with Gasteiger partial charge < -0.3 is 26.2 Å². The van der Waals surface area contributed by atoms with Crippen molar-refractivity contribution in [2.45, 2.75) is 63.0 Å². The number of rotatable bonds is 12. The molecule has 0 aliphatic heterocycles. The maximum Gasteiger partial charge on any atom is 0.451 e. The molecule has 1 unspecified atom stereocenters. The van der Waals surface area contributed by atoms with Crippen molar-refractivity contribution in [3.63, 3.8) is 0 Å². The van der Waals surface area contributed by atoms with Crippen molar-refractivity contribution in [1.29, 1.82) is 0 Å². The minimum Gasteiger partial charge on any atom is -0.480 e. The first-order valence-electron chi connectivity index (χ1n) is 11.1. The van der Waals surface area contributed by atoms with E-state index in [2.05, 4.69) is 53.8 Å². The van der Waals surface area contributed by atoms with Gasteiger partial charge in [-0.25, -0.2) is 0 Å². The van der Waals surface area contributed by atoms with Crippen molar-refractivity contribution >= 4 is 13.1 Å². The molecule has 0 amide bonds. The zero-order chi connectivity index (χ0) is 22.3. The molecule has 0 radical (unpaired) electrons. The maximum atomic E-state index is 11.8. The van der Waals surface area contributed by atoms with Gasteiger partial charge in [0.05, 0.1) is 0 Å². The Labute approximate surface area is 184 Å². The van der Waals surface area contributed by atoms with E-state index in [-0.39, 0.29) is 18.3 Å². The molecule has 2 aromatic rings. The Hall–Kier alpha value is -2.19. The third kappa shape index (κ3) is 6.65. The number of benzene rings is 2. The van der Waals surface area contributed by atoms with Gasteiger partial charge in [0, 0.05) is 12.6 Å². The molecule has 1 saturated carbocycles. The third-order valence-corrected chi connectivity index (χ3v) is 6.44. The van der Waals surface area contributed by atoms with Crippen LogP contribution in [0.4, 0.5) is 0 Å². The van der Waals surface area contributed by atoms with Crippen LogP contribution in [0.15, 0.2) is 54.6 Å². The van der Waals surface area contributed by atoms with Crippen molar-refractivity contribution in [1.82, 2.24) is 5.32 Å². The Balaban J connectivity index is 1.42. The monoisotopic (exact) mass is 424 g/mol. The SMILES string of the molecule is NC(CCCCB(O)O)(C(=O)O)[C@H]1C[C@@H](NCc2ccc(Cc3ccccc3)cc2)C1. The zero-order valence-electron chi connectivity index (χ0n) is 17.9. The fourth-order valence-electron chi connectivity index (χ4n) is 4.30. The largest absolute Gasteiger partial charge is 0.480 e. The molecule has 6 nitrogen and oxygen atoms in total. The van der Waals surface area contributed by atoms with Gasteiger partial charge in [-0.15, -0.1) is 0 Å². The van der Waals surface area contributed by atoms with E-state index in [0.717, 1.165) is 25.8 Å². The lowest BCUT2D eigenvalue weighted by Gasteiger charge is -2.45. The first kappa shape index (κ1) is 23.5. The fourth-order valence-corrected chi connectivity index (χ4v) is 4.30. The van der Waals surface area contributed by atoms with Crippen LogP contribution in [0.5, 0.6) is 0 Å². The van der Waals surface area contributed by atoms with E-state index in [0.29, 0.717) is 19.3 Å². The van der Waals surface area contributed by atoms with Crippen LogP contribution in [0.3, 0.4) is 0 Å². The summed E-state index contributed by atoms with van der Waals surface area (Å²) in [6.45, 7) is 0.752. The summed E-state index contributed by atoms with van der Waals surface area (Å²) in [5.74, 6) is -1.02. The average molecular weight is 424 g/mol. The molecule has 0 heterocycles. The van der Waals surface area contributed by atoms with E-state index in [9.17, 15) is 9.90 Å². The minimum atomic E-state index is -1.35. The standard InChI is InChI=1S/C24H33BN2O4/c26-24(23(28)29,12-4-5-13-25(30)31)21-15-22(16-21)27-17-20-10-8-19(9-11-20)14-18-6-2-1-3-7-18/h1-3,6-11,21-22,27,30-31H,4-5,12-17,26H2,(H,28,29)/t21-,22+,24?. The Kier molecular flexibility index (Phi) is 8.26. The lowest BCUT2D eigenvalue weighted by Crippen LogP contribution is -2.61. The molecule has 1 atom stereocenters. The summed E-state index contributed by atoms with van der Waals surface area (Å²) in [6.07, 6.45) is 4.14. The number of carbonyl (C=O) groups is 1. The quantitative estimate of drug-likeness (QED) is 0.264. The first-order valence-corrected chi connectivity index (χ1v) is 11.1. The summed E-state index contributed by atoms with van der Waals surface area (Å²) < 4.78 is 0. The first-order chi connectivity index (χ1) is 14.9. The van der Waals surface area contributed by atoms with E-state index >= 15 is 0 Å². The van der Waals surface area contributed by atoms with E-state index in [4.69, 9.17) is 15.8 Å². The molecule has 1 aliphatic rings. The number of hydrogen-bond acceptors (Lipinski definition) is 5. The third-order valence-electron chi connectivity index (χ3n) is 6.44. The fraction of sp³-hybridized carbons (Fsp3) is 0.458. The number of nitrogens with two attached hydrogens (primary N) is 1. The molecule has 7 heteroatoms. The molecular formula is C24H33BN2O4. The van der Waals surface area contributed by atoms with Crippen LogP contribution >= 0.6 is 0 Å². The number of hydrogen-bond donors (Lipinski definition) is 5. The molecule has 0 spiro atoms. The van der Waals surface area contributed by atoms with Crippen LogP contribution in [0.25, 0.3) is 0 Å². The molecule has 3 rings (SSSR count). The van der Waals surface area contributed by atoms with Crippen molar-refractivity contribution in [3.8, 4) is 0 Å². The van der Waals surface area contributed by atoms with E-state index < -0.39 is 18.6 Å². The van der Waals surface area contributed by atoms with Gasteiger partial charge in [0.2, 0.25) is 0 Å². The normalized spacial score (nSPS) is 20.0. The van der Waals surface area contributed by atoms with Gasteiger partial charge in [-0.05, 0) is 54.6 Å². The van der Waals surface area contributed by atoms with Gasteiger partial charge in [-0.1, -0.05) is 67.4 Å². The highest BCUT2D eigenvalue weighted by molar-refractivity contribution is 6.40. The van der Waals surface area contributed by atoms with E-state index in [1.807, 2.05) is 6.07 Å². The predicted molar refractivity (Wildman–Crippen MR) is 122 cm³/mol. The predicted octanol–water partition coefficient (Wildman–Crippen LogP) is 2.57. The second-order valence-electron chi connectivity index (χ2n) is 8.80. The van der Waals surface area contributed by atoms with Gasteiger partial charge >= 0.3 is 13.1 Å². The Morgan fingerprint density at radius 3 is 2.23 bits per heavy atom. The van der Waals surface area contributed by atoms with Crippen LogP contribution < -0.4 is 11.1 Å². The van der Waals surface area contributed by atoms with Crippen LogP contribution in [-0.2, 0) is 17.8 Å². The smallest absolute Gasteiger partial charge is 0.451 e. The zero-order valence-corrected chi connectivity index (χ0v) is 17.9. The van der Waals surface area contributed by atoms with E-state index in [1.54, 1.807) is 0 Å². The van der Waals surface area contributed by atoms with Crippen LogP contribution in [0.1, 0.15) is 48.8 Å².